The van der Waals surface area contributed by atoms with Gasteiger partial charge in [-0.15, -0.1) is 0 Å². The van der Waals surface area contributed by atoms with E-state index in [2.05, 4.69) is 10.5 Å². The van der Waals surface area contributed by atoms with Gasteiger partial charge in [-0.25, -0.2) is 0 Å². The molecule has 1 N–H and O–H groups in total. The highest BCUT2D eigenvalue weighted by Gasteiger charge is 2.19. The summed E-state index contributed by atoms with van der Waals surface area (Å²) in [5.74, 6) is -0.386. The second-order valence-electron chi connectivity index (χ2n) is 6.00. The zero-order valence-corrected chi connectivity index (χ0v) is 15.5. The summed E-state index contributed by atoms with van der Waals surface area (Å²) in [6.45, 7) is 5.18. The number of hydrogen-bond donors (Lipinski definition) is 1. The number of nitrogens with zero attached hydrogens (tertiary/aromatic N) is 3. The highest BCUT2D eigenvalue weighted by atomic mass is 16.6. The van der Waals surface area contributed by atoms with Crippen LogP contribution in [0.3, 0.4) is 0 Å². The van der Waals surface area contributed by atoms with Gasteiger partial charge in [0, 0.05) is 13.0 Å². The fourth-order valence-corrected chi connectivity index (χ4v) is 2.48. The van der Waals surface area contributed by atoms with E-state index in [9.17, 15) is 25.0 Å². The fraction of sp³-hybridized carbons (Fsp3) is 0.222. The first-order chi connectivity index (χ1) is 13.2. The molecule has 0 spiro atoms. The smallest absolute Gasteiger partial charge is 0.302 e. The van der Waals surface area contributed by atoms with Gasteiger partial charge >= 0.3 is 11.7 Å². The number of carbonyl (C=O) groups excluding carboxylic acids is 1. The Hall–Kier alpha value is -3.82. The molecule has 0 aliphatic rings. The Morgan fingerprint density at radius 2 is 1.89 bits per heavy atom. The Kier molecular flexibility index (Phi) is 6.38. The van der Waals surface area contributed by atoms with Crippen LogP contribution >= 0.6 is 0 Å². The summed E-state index contributed by atoms with van der Waals surface area (Å²) in [5, 5.41) is 25.9. The minimum atomic E-state index is -0.722. The normalized spacial score (nSPS) is 10.7. The monoisotopic (exact) mass is 386 g/mol. The lowest BCUT2D eigenvalue weighted by Crippen LogP contribution is -2.04. The molecular weight excluding hydrogens is 368 g/mol. The number of hydrogen-bond acceptors (Lipinski definition) is 8. The zero-order valence-electron chi connectivity index (χ0n) is 15.5. The van der Waals surface area contributed by atoms with Crippen LogP contribution in [0.4, 0.5) is 17.1 Å². The Bertz CT molecular complexity index is 971. The van der Waals surface area contributed by atoms with E-state index < -0.39 is 15.5 Å². The van der Waals surface area contributed by atoms with E-state index in [0.29, 0.717) is 0 Å². The number of rotatable bonds is 7. The molecule has 28 heavy (non-hydrogen) atoms. The number of nitrogens with one attached hydrogen (secondary N) is 1. The Morgan fingerprint density at radius 3 is 2.50 bits per heavy atom. The van der Waals surface area contributed by atoms with Crippen molar-refractivity contribution < 1.29 is 19.4 Å². The molecule has 2 aromatic carbocycles. The first-order valence-corrected chi connectivity index (χ1v) is 8.14. The maximum atomic E-state index is 11.1. The topological polar surface area (TPSA) is 137 Å². The summed E-state index contributed by atoms with van der Waals surface area (Å²) in [5.41, 5.74) is 5.05. The quantitative estimate of drug-likeness (QED) is 0.332. The SMILES string of the molecule is CC(=O)OCc1cc(C)cc(C=NNc2ccc([N+](=O)[O-])cc2[N+](=O)[O-])c1C. The third-order valence-electron chi connectivity index (χ3n) is 3.91. The van der Waals surface area contributed by atoms with E-state index in [0.717, 1.165) is 34.4 Å². The highest BCUT2D eigenvalue weighted by molar-refractivity contribution is 5.83. The molecule has 0 aliphatic carbocycles. The van der Waals surface area contributed by atoms with Gasteiger partial charge in [0.1, 0.15) is 12.3 Å². The first kappa shape index (κ1) is 20.5. The minimum Gasteiger partial charge on any atom is -0.461 e. The number of nitro groups is 2. The molecule has 0 heterocycles. The fourth-order valence-electron chi connectivity index (χ4n) is 2.48. The Labute approximate surface area is 160 Å². The molecule has 146 valence electrons. The lowest BCUT2D eigenvalue weighted by Gasteiger charge is -2.10. The number of ether oxygens (including phenoxy) is 1. The standard InChI is InChI=1S/C18H18N4O6/c1-11-6-14(12(2)15(7-11)10-28-13(3)23)9-19-20-17-5-4-16(21(24)25)8-18(17)22(26)27/h4-9,20H,10H2,1-3H3. The van der Waals surface area contributed by atoms with Gasteiger partial charge in [-0.3, -0.25) is 30.4 Å². The van der Waals surface area contributed by atoms with Crippen LogP contribution in [0.2, 0.25) is 0 Å². The molecule has 2 aromatic rings. The van der Waals surface area contributed by atoms with Gasteiger partial charge in [0.05, 0.1) is 22.1 Å². The van der Waals surface area contributed by atoms with Crippen LogP contribution in [-0.2, 0) is 16.1 Å². The van der Waals surface area contributed by atoms with Crippen LogP contribution < -0.4 is 5.43 Å². The van der Waals surface area contributed by atoms with Crippen LogP contribution in [0, 0.1) is 34.1 Å². The molecule has 0 amide bonds. The molecule has 0 saturated heterocycles. The van der Waals surface area contributed by atoms with Crippen molar-refractivity contribution in [2.24, 2.45) is 5.10 Å². The molecule has 0 aliphatic heterocycles. The molecule has 0 saturated carbocycles. The number of esters is 1. The summed E-state index contributed by atoms with van der Waals surface area (Å²) in [6, 6.07) is 7.00. The minimum absolute atomic E-state index is 0.0253. The van der Waals surface area contributed by atoms with E-state index in [4.69, 9.17) is 4.74 Å². The third kappa shape index (κ3) is 5.10. The van der Waals surface area contributed by atoms with Gasteiger partial charge in [-0.1, -0.05) is 17.7 Å². The van der Waals surface area contributed by atoms with Gasteiger partial charge in [-0.05, 0) is 36.6 Å². The molecule has 0 bridgehead atoms. The summed E-state index contributed by atoms with van der Waals surface area (Å²) >= 11 is 0. The third-order valence-corrected chi connectivity index (χ3v) is 3.91. The van der Waals surface area contributed by atoms with Crippen molar-refractivity contribution in [3.63, 3.8) is 0 Å². The Morgan fingerprint density at radius 1 is 1.18 bits per heavy atom. The second kappa shape index (κ2) is 8.71. The van der Waals surface area contributed by atoms with Crippen molar-refractivity contribution in [1.29, 1.82) is 0 Å². The van der Waals surface area contributed by atoms with E-state index in [1.807, 2.05) is 26.0 Å². The average Bonchev–Trinajstić information content (AvgIpc) is 2.62. The number of anilines is 1. The van der Waals surface area contributed by atoms with E-state index >= 15 is 0 Å². The highest BCUT2D eigenvalue weighted by Crippen LogP contribution is 2.29. The van der Waals surface area contributed by atoms with Crippen LogP contribution in [0.25, 0.3) is 0 Å². The molecule has 0 atom stereocenters. The summed E-state index contributed by atoms with van der Waals surface area (Å²) < 4.78 is 5.04. The molecule has 0 aromatic heterocycles. The molecule has 0 fully saturated rings. The van der Waals surface area contributed by atoms with Crippen LogP contribution in [-0.4, -0.2) is 22.0 Å². The summed E-state index contributed by atoms with van der Waals surface area (Å²) in [4.78, 5) is 31.5. The van der Waals surface area contributed by atoms with Crippen molar-refractivity contribution in [2.45, 2.75) is 27.4 Å². The number of carbonyl (C=O) groups is 1. The number of hydrazone groups is 1. The second-order valence-corrected chi connectivity index (χ2v) is 6.00. The molecule has 10 nitrogen and oxygen atoms in total. The van der Waals surface area contributed by atoms with Gasteiger partial charge < -0.3 is 4.74 Å². The molecule has 10 heteroatoms. The van der Waals surface area contributed by atoms with Crippen molar-refractivity contribution in [3.8, 4) is 0 Å². The molecule has 0 radical (unpaired) electrons. The van der Waals surface area contributed by atoms with Crippen LogP contribution in [0.1, 0.15) is 29.2 Å². The maximum absolute atomic E-state index is 11.1. The van der Waals surface area contributed by atoms with E-state index in [1.165, 1.54) is 19.2 Å². The predicted octanol–water partition coefficient (Wildman–Crippen LogP) is 3.63. The number of aryl methyl sites for hydroxylation is 1. The van der Waals surface area contributed by atoms with Gasteiger partial charge in [0.15, 0.2) is 0 Å². The maximum Gasteiger partial charge on any atom is 0.302 e. The van der Waals surface area contributed by atoms with Crippen molar-refractivity contribution in [3.05, 3.63) is 72.8 Å². The molecule has 0 unspecified atom stereocenters. The van der Waals surface area contributed by atoms with E-state index in [-0.39, 0.29) is 24.0 Å². The predicted molar refractivity (Wildman–Crippen MR) is 102 cm³/mol. The number of benzene rings is 2. The molecule has 2 rings (SSSR count). The first-order valence-electron chi connectivity index (χ1n) is 8.14. The van der Waals surface area contributed by atoms with Crippen molar-refractivity contribution in [1.82, 2.24) is 0 Å². The lowest BCUT2D eigenvalue weighted by molar-refractivity contribution is -0.393. The average molecular weight is 386 g/mol. The largest absolute Gasteiger partial charge is 0.461 e. The van der Waals surface area contributed by atoms with Crippen LogP contribution in [0.5, 0.6) is 0 Å². The number of non-ortho nitro benzene ring substituents is 1. The lowest BCUT2D eigenvalue weighted by atomic mass is 10.0. The van der Waals surface area contributed by atoms with Crippen LogP contribution in [0.15, 0.2) is 35.4 Å². The van der Waals surface area contributed by atoms with Gasteiger partial charge in [0.2, 0.25) is 0 Å². The van der Waals surface area contributed by atoms with Gasteiger partial charge in [-0.2, -0.15) is 5.10 Å². The summed E-state index contributed by atoms with van der Waals surface area (Å²) in [7, 11) is 0. The number of nitro benzene ring substituents is 2. The summed E-state index contributed by atoms with van der Waals surface area (Å²) in [6.07, 6.45) is 1.48. The molecular formula is C18H18N4O6. The van der Waals surface area contributed by atoms with E-state index in [1.54, 1.807) is 0 Å². The Balaban J connectivity index is 2.26. The zero-order chi connectivity index (χ0) is 20.8. The van der Waals surface area contributed by atoms with Crippen molar-refractivity contribution in [2.75, 3.05) is 5.43 Å². The van der Waals surface area contributed by atoms with Crippen molar-refractivity contribution >= 4 is 29.2 Å². The van der Waals surface area contributed by atoms with Gasteiger partial charge in [0.25, 0.3) is 5.69 Å².